The Kier molecular flexibility index (Phi) is 7.56. The number of hydrogen-bond donors (Lipinski definition) is 2. The molecule has 0 saturated carbocycles. The van der Waals surface area contributed by atoms with E-state index >= 15 is 0 Å². The molecule has 0 saturated heterocycles. The SMILES string of the molecule is O=C(CCCCl)S(O)(O)C(=O)CCCCl. The zero-order valence-corrected chi connectivity index (χ0v) is 10.4. The van der Waals surface area contributed by atoms with Crippen molar-refractivity contribution in [3.63, 3.8) is 0 Å². The summed E-state index contributed by atoms with van der Waals surface area (Å²) in [5, 5.41) is -1.66. The Balaban J connectivity index is 4.24. The molecule has 0 radical (unpaired) electrons. The fourth-order valence-electron chi connectivity index (χ4n) is 0.834. The van der Waals surface area contributed by atoms with Crippen LogP contribution in [0.3, 0.4) is 0 Å². The number of carbonyl (C=O) groups excluding carboxylic acids is 2. The van der Waals surface area contributed by atoms with Crippen LogP contribution in [0.15, 0.2) is 0 Å². The maximum Gasteiger partial charge on any atom is 0.246 e. The van der Waals surface area contributed by atoms with Crippen molar-refractivity contribution in [1.82, 2.24) is 0 Å². The van der Waals surface area contributed by atoms with E-state index in [0.29, 0.717) is 12.8 Å². The molecular formula is C8H14Cl2O4S. The molecule has 15 heavy (non-hydrogen) atoms. The van der Waals surface area contributed by atoms with Crippen LogP contribution in [-0.4, -0.2) is 31.1 Å². The third kappa shape index (κ3) is 5.17. The Bertz CT molecular complexity index is 211. The average molecular weight is 277 g/mol. The summed E-state index contributed by atoms with van der Waals surface area (Å²) in [5.41, 5.74) is 0. The van der Waals surface area contributed by atoms with Gasteiger partial charge >= 0.3 is 0 Å². The van der Waals surface area contributed by atoms with Gasteiger partial charge in [0.2, 0.25) is 10.2 Å². The van der Waals surface area contributed by atoms with Crippen molar-refractivity contribution in [2.24, 2.45) is 0 Å². The second-order valence-corrected chi connectivity index (χ2v) is 5.64. The van der Waals surface area contributed by atoms with Gasteiger partial charge in [-0.2, -0.15) is 0 Å². The van der Waals surface area contributed by atoms with E-state index in [1.807, 2.05) is 0 Å². The molecule has 0 aliphatic rings. The first-order chi connectivity index (χ1) is 6.96. The van der Waals surface area contributed by atoms with Crippen molar-refractivity contribution >= 4 is 44.0 Å². The molecule has 90 valence electrons. The highest BCUT2D eigenvalue weighted by Crippen LogP contribution is 2.43. The zero-order chi connectivity index (χ0) is 11.9. The van der Waals surface area contributed by atoms with Crippen molar-refractivity contribution in [2.75, 3.05) is 11.8 Å². The highest BCUT2D eigenvalue weighted by molar-refractivity contribution is 8.47. The number of hydrogen-bond acceptors (Lipinski definition) is 4. The second-order valence-electron chi connectivity index (χ2n) is 2.88. The molecule has 0 aromatic heterocycles. The first-order valence-electron chi connectivity index (χ1n) is 4.42. The molecule has 0 heterocycles. The number of rotatable bonds is 6. The molecule has 7 heteroatoms. The van der Waals surface area contributed by atoms with Gasteiger partial charge in [0.1, 0.15) is 0 Å². The van der Waals surface area contributed by atoms with Gasteiger partial charge in [-0.15, -0.1) is 23.2 Å². The van der Waals surface area contributed by atoms with Gasteiger partial charge in [-0.1, -0.05) is 10.6 Å². The summed E-state index contributed by atoms with van der Waals surface area (Å²) in [7, 11) is -3.78. The van der Waals surface area contributed by atoms with Crippen LogP contribution in [0.25, 0.3) is 0 Å². The molecule has 0 unspecified atom stereocenters. The highest BCUT2D eigenvalue weighted by Gasteiger charge is 2.30. The Morgan fingerprint density at radius 2 is 1.27 bits per heavy atom. The Morgan fingerprint density at radius 3 is 1.53 bits per heavy atom. The summed E-state index contributed by atoms with van der Waals surface area (Å²) in [5.74, 6) is 0.494. The summed E-state index contributed by atoms with van der Waals surface area (Å²) in [4.78, 5) is 22.5. The molecule has 0 atom stereocenters. The van der Waals surface area contributed by atoms with Gasteiger partial charge in [0, 0.05) is 24.6 Å². The third-order valence-electron chi connectivity index (χ3n) is 1.66. The fourth-order valence-corrected chi connectivity index (χ4v) is 2.21. The van der Waals surface area contributed by atoms with Crippen molar-refractivity contribution in [1.29, 1.82) is 0 Å². The fraction of sp³-hybridized carbons (Fsp3) is 0.750. The molecule has 0 spiro atoms. The van der Waals surface area contributed by atoms with Crippen molar-refractivity contribution in [3.05, 3.63) is 0 Å². The first-order valence-corrected chi connectivity index (χ1v) is 7.04. The molecule has 0 rings (SSSR count). The van der Waals surface area contributed by atoms with Crippen LogP contribution in [0.4, 0.5) is 0 Å². The summed E-state index contributed by atoms with van der Waals surface area (Å²) < 4.78 is 18.7. The summed E-state index contributed by atoms with van der Waals surface area (Å²) in [6, 6.07) is 0. The molecule has 0 bridgehead atoms. The predicted molar refractivity (Wildman–Crippen MR) is 62.8 cm³/mol. The lowest BCUT2D eigenvalue weighted by atomic mass is 10.4. The topological polar surface area (TPSA) is 74.6 Å². The number of halogens is 2. The Hall–Kier alpha value is 0.190. The van der Waals surface area contributed by atoms with Gasteiger partial charge in [-0.05, 0) is 12.8 Å². The maximum absolute atomic E-state index is 11.3. The quantitative estimate of drug-likeness (QED) is 0.732. The van der Waals surface area contributed by atoms with E-state index in [4.69, 9.17) is 23.2 Å². The monoisotopic (exact) mass is 276 g/mol. The first kappa shape index (κ1) is 15.2. The van der Waals surface area contributed by atoms with E-state index in [-0.39, 0.29) is 24.6 Å². The van der Waals surface area contributed by atoms with Crippen LogP contribution in [0.2, 0.25) is 0 Å². The van der Waals surface area contributed by atoms with Crippen LogP contribution >= 0.6 is 33.8 Å². The predicted octanol–water partition coefficient (Wildman–Crippen LogP) is 2.83. The van der Waals surface area contributed by atoms with Crippen LogP contribution in [0.1, 0.15) is 25.7 Å². The maximum atomic E-state index is 11.3. The van der Waals surface area contributed by atoms with E-state index in [1.54, 1.807) is 0 Å². The van der Waals surface area contributed by atoms with E-state index in [2.05, 4.69) is 0 Å². The average Bonchev–Trinajstić information content (AvgIpc) is 2.21. The van der Waals surface area contributed by atoms with E-state index in [9.17, 15) is 18.7 Å². The van der Waals surface area contributed by atoms with Gasteiger partial charge < -0.3 is 0 Å². The van der Waals surface area contributed by atoms with Crippen LogP contribution in [0, 0.1) is 0 Å². The summed E-state index contributed by atoms with van der Waals surface area (Å²) in [6.45, 7) is 0. The Labute approximate surface area is 100 Å². The van der Waals surface area contributed by atoms with Gasteiger partial charge in [0.05, 0.1) is 0 Å². The molecule has 2 N–H and O–H groups in total. The Morgan fingerprint density at radius 1 is 0.933 bits per heavy atom. The molecule has 0 aliphatic carbocycles. The van der Waals surface area contributed by atoms with Gasteiger partial charge in [-0.3, -0.25) is 18.7 Å². The lowest BCUT2D eigenvalue weighted by molar-refractivity contribution is -0.115. The normalized spacial score (nSPS) is 12.5. The van der Waals surface area contributed by atoms with E-state index < -0.39 is 20.8 Å². The molecular weight excluding hydrogens is 263 g/mol. The van der Waals surface area contributed by atoms with Crippen molar-refractivity contribution < 1.29 is 18.7 Å². The molecule has 0 aromatic carbocycles. The number of alkyl halides is 2. The highest BCUT2D eigenvalue weighted by atomic mass is 35.5. The standard InChI is InChI=1S/C8H14Cl2O4S/c9-5-1-3-7(11)15(13,14)8(12)4-2-6-10/h13-14H,1-6H2. The minimum absolute atomic E-state index is 0.0849. The molecule has 4 nitrogen and oxygen atoms in total. The van der Waals surface area contributed by atoms with Crippen LogP contribution < -0.4 is 0 Å². The lowest BCUT2D eigenvalue weighted by Crippen LogP contribution is -2.20. The zero-order valence-electron chi connectivity index (χ0n) is 8.12. The summed E-state index contributed by atoms with van der Waals surface area (Å²) in [6.07, 6.45) is 0.495. The lowest BCUT2D eigenvalue weighted by Gasteiger charge is -2.27. The van der Waals surface area contributed by atoms with Gasteiger partial charge in [0.25, 0.3) is 0 Å². The molecule has 0 aromatic rings. The van der Waals surface area contributed by atoms with Gasteiger partial charge in [0.15, 0.2) is 0 Å². The third-order valence-corrected chi connectivity index (χ3v) is 3.88. The molecule has 0 fully saturated rings. The van der Waals surface area contributed by atoms with Crippen LogP contribution in [-0.2, 0) is 9.59 Å². The van der Waals surface area contributed by atoms with Crippen molar-refractivity contribution in [3.8, 4) is 0 Å². The molecule has 0 amide bonds. The van der Waals surface area contributed by atoms with Crippen LogP contribution in [0.5, 0.6) is 0 Å². The van der Waals surface area contributed by atoms with Gasteiger partial charge in [-0.25, -0.2) is 0 Å². The van der Waals surface area contributed by atoms with E-state index in [0.717, 1.165) is 0 Å². The van der Waals surface area contributed by atoms with E-state index in [1.165, 1.54) is 0 Å². The second kappa shape index (κ2) is 7.46. The smallest absolute Gasteiger partial charge is 0.246 e. The molecule has 0 aliphatic heterocycles. The largest absolute Gasteiger partial charge is 0.286 e. The summed E-state index contributed by atoms with van der Waals surface area (Å²) >= 11 is 10.7. The minimum atomic E-state index is -3.78. The minimum Gasteiger partial charge on any atom is -0.286 e. The van der Waals surface area contributed by atoms with Crippen molar-refractivity contribution in [2.45, 2.75) is 25.7 Å². The number of carbonyl (C=O) groups is 2.